The molecule has 7 heteroatoms. The minimum Gasteiger partial charge on any atom is -0.385 e. The predicted octanol–water partition coefficient (Wildman–Crippen LogP) is 1.74. The van der Waals surface area contributed by atoms with Crippen LogP contribution in [0.3, 0.4) is 0 Å². The summed E-state index contributed by atoms with van der Waals surface area (Å²) < 4.78 is 5.21. The molecule has 1 amide bonds. The minimum atomic E-state index is -0.212. The highest BCUT2D eigenvalue weighted by Gasteiger charge is 2.10. The number of amides is 1. The highest BCUT2D eigenvalue weighted by atomic mass is 35.5. The van der Waals surface area contributed by atoms with Crippen LogP contribution in [0.4, 0.5) is 0 Å². The second-order valence-corrected chi connectivity index (χ2v) is 4.73. The first-order valence-corrected chi connectivity index (χ1v) is 6.19. The number of nitrogens with one attached hydrogen (secondary N) is 1. The van der Waals surface area contributed by atoms with Gasteiger partial charge in [0.1, 0.15) is 0 Å². The van der Waals surface area contributed by atoms with Gasteiger partial charge >= 0.3 is 0 Å². The van der Waals surface area contributed by atoms with E-state index in [0.29, 0.717) is 11.6 Å². The van der Waals surface area contributed by atoms with Gasteiger partial charge in [-0.3, -0.25) is 4.79 Å². The summed E-state index contributed by atoms with van der Waals surface area (Å²) in [5, 5.41) is 10.3. The van der Waals surface area contributed by atoms with Crippen molar-refractivity contribution in [3.8, 4) is 0 Å². The van der Waals surface area contributed by atoms with Crippen LogP contribution in [0.15, 0.2) is 0 Å². The van der Waals surface area contributed by atoms with Gasteiger partial charge in [-0.05, 0) is 30.9 Å². The van der Waals surface area contributed by atoms with Crippen molar-refractivity contribution >= 4 is 28.8 Å². The normalized spacial score (nSPS) is 10.4. The van der Waals surface area contributed by atoms with E-state index in [-0.39, 0.29) is 10.4 Å². The molecule has 0 unspecified atom stereocenters. The maximum absolute atomic E-state index is 11.5. The molecule has 0 saturated carbocycles. The van der Waals surface area contributed by atoms with Gasteiger partial charge in [0.2, 0.25) is 9.47 Å². The highest BCUT2D eigenvalue weighted by molar-refractivity contribution is 7.17. The molecule has 0 aliphatic rings. The van der Waals surface area contributed by atoms with Crippen LogP contribution in [0.2, 0.25) is 4.47 Å². The quantitative estimate of drug-likeness (QED) is 0.761. The van der Waals surface area contributed by atoms with E-state index in [1.165, 1.54) is 0 Å². The summed E-state index contributed by atoms with van der Waals surface area (Å²) in [7, 11) is 1.68. The Hall–Kier alpha value is -0.720. The third kappa shape index (κ3) is 4.87. The first-order valence-electron chi connectivity index (χ1n) is 5.00. The molecule has 0 radical (unpaired) electrons. The number of methoxy groups -OCH3 is 1. The largest absolute Gasteiger partial charge is 0.385 e. The molecule has 0 spiro atoms. The number of ether oxygens (including phenoxy) is 1. The van der Waals surface area contributed by atoms with E-state index >= 15 is 0 Å². The molecule has 1 heterocycles. The summed E-state index contributed by atoms with van der Waals surface area (Å²) in [6.45, 7) is 1.40. The SMILES string of the molecule is COCCCCCNC(=O)c1nnc(Cl)s1. The molecular weight excluding hydrogens is 250 g/mol. The number of hydrogen-bond donors (Lipinski definition) is 1. The predicted molar refractivity (Wildman–Crippen MR) is 63.0 cm³/mol. The lowest BCUT2D eigenvalue weighted by molar-refractivity contribution is 0.0951. The number of nitrogens with zero attached hydrogens (tertiary/aromatic N) is 2. The minimum absolute atomic E-state index is 0.212. The van der Waals surface area contributed by atoms with Crippen LogP contribution in [-0.4, -0.2) is 36.4 Å². The fraction of sp³-hybridized carbons (Fsp3) is 0.667. The smallest absolute Gasteiger partial charge is 0.282 e. The number of hydrogen-bond acceptors (Lipinski definition) is 5. The van der Waals surface area contributed by atoms with Gasteiger partial charge in [0.15, 0.2) is 0 Å². The summed E-state index contributed by atoms with van der Waals surface area (Å²) >= 11 is 6.65. The molecule has 0 aliphatic heterocycles. The van der Waals surface area contributed by atoms with Gasteiger partial charge < -0.3 is 10.1 Å². The zero-order valence-corrected chi connectivity index (χ0v) is 10.6. The maximum Gasteiger partial charge on any atom is 0.282 e. The van der Waals surface area contributed by atoms with E-state index < -0.39 is 0 Å². The molecule has 1 N–H and O–H groups in total. The summed E-state index contributed by atoms with van der Waals surface area (Å²) in [4.78, 5) is 11.5. The summed E-state index contributed by atoms with van der Waals surface area (Å²) in [6.07, 6.45) is 2.98. The van der Waals surface area contributed by atoms with Crippen LogP contribution in [-0.2, 0) is 4.74 Å². The monoisotopic (exact) mass is 263 g/mol. The van der Waals surface area contributed by atoms with Crippen LogP contribution >= 0.6 is 22.9 Å². The number of halogens is 1. The maximum atomic E-state index is 11.5. The second kappa shape index (κ2) is 7.54. The molecule has 0 aromatic carbocycles. The fourth-order valence-corrected chi connectivity index (χ4v) is 1.87. The number of unbranched alkanes of at least 4 members (excludes halogenated alkanes) is 2. The Labute approximate surface area is 103 Å². The van der Waals surface area contributed by atoms with Crippen molar-refractivity contribution in [1.29, 1.82) is 0 Å². The molecule has 1 aromatic rings. The van der Waals surface area contributed by atoms with Gasteiger partial charge in [0, 0.05) is 20.3 Å². The van der Waals surface area contributed by atoms with Crippen molar-refractivity contribution in [3.05, 3.63) is 9.47 Å². The number of carbonyl (C=O) groups is 1. The van der Waals surface area contributed by atoms with Gasteiger partial charge in [-0.1, -0.05) is 11.3 Å². The van der Waals surface area contributed by atoms with Gasteiger partial charge in [-0.25, -0.2) is 0 Å². The Morgan fingerprint density at radius 2 is 2.25 bits per heavy atom. The van der Waals surface area contributed by atoms with Crippen LogP contribution in [0.5, 0.6) is 0 Å². The standard InChI is InChI=1S/C9H14ClN3O2S/c1-15-6-4-2-3-5-11-7(14)8-12-13-9(10)16-8/h2-6H2,1H3,(H,11,14). The van der Waals surface area contributed by atoms with E-state index in [2.05, 4.69) is 15.5 Å². The first kappa shape index (κ1) is 13.3. The van der Waals surface area contributed by atoms with Gasteiger partial charge in [-0.2, -0.15) is 0 Å². The summed E-state index contributed by atoms with van der Waals surface area (Å²) in [5.74, 6) is -0.212. The average Bonchev–Trinajstić information content (AvgIpc) is 2.70. The van der Waals surface area contributed by atoms with Crippen molar-refractivity contribution in [3.63, 3.8) is 0 Å². The van der Waals surface area contributed by atoms with Crippen molar-refractivity contribution in [2.24, 2.45) is 0 Å². The molecule has 0 saturated heterocycles. The lowest BCUT2D eigenvalue weighted by Crippen LogP contribution is -2.24. The molecule has 1 aromatic heterocycles. The van der Waals surface area contributed by atoms with E-state index in [1.54, 1.807) is 7.11 Å². The zero-order chi connectivity index (χ0) is 11.8. The molecule has 90 valence electrons. The van der Waals surface area contributed by atoms with Crippen molar-refractivity contribution < 1.29 is 9.53 Å². The summed E-state index contributed by atoms with van der Waals surface area (Å²) in [6, 6.07) is 0. The Kier molecular flexibility index (Phi) is 6.29. The topological polar surface area (TPSA) is 64.1 Å². The van der Waals surface area contributed by atoms with Crippen LogP contribution < -0.4 is 5.32 Å². The summed E-state index contributed by atoms with van der Waals surface area (Å²) in [5.41, 5.74) is 0. The number of aromatic nitrogens is 2. The van der Waals surface area contributed by atoms with Crippen molar-refractivity contribution in [2.45, 2.75) is 19.3 Å². The molecule has 0 aliphatic carbocycles. The Morgan fingerprint density at radius 3 is 2.88 bits per heavy atom. The third-order valence-electron chi connectivity index (χ3n) is 1.91. The van der Waals surface area contributed by atoms with E-state index in [4.69, 9.17) is 16.3 Å². The van der Waals surface area contributed by atoms with Crippen LogP contribution in [0, 0.1) is 0 Å². The molecule has 0 atom stereocenters. The molecule has 16 heavy (non-hydrogen) atoms. The Morgan fingerprint density at radius 1 is 1.44 bits per heavy atom. The molecule has 0 bridgehead atoms. The molecule has 5 nitrogen and oxygen atoms in total. The van der Waals surface area contributed by atoms with Gasteiger partial charge in [0.05, 0.1) is 0 Å². The lowest BCUT2D eigenvalue weighted by Gasteiger charge is -2.02. The first-order chi connectivity index (χ1) is 7.74. The van der Waals surface area contributed by atoms with Gasteiger partial charge in [-0.15, -0.1) is 10.2 Å². The molecule has 0 fully saturated rings. The number of rotatable bonds is 7. The Balaban J connectivity index is 2.11. The second-order valence-electron chi connectivity index (χ2n) is 3.17. The third-order valence-corrected chi connectivity index (χ3v) is 2.92. The molecular formula is C9H14ClN3O2S. The van der Waals surface area contributed by atoms with E-state index in [0.717, 1.165) is 37.2 Å². The van der Waals surface area contributed by atoms with Crippen LogP contribution in [0.1, 0.15) is 29.1 Å². The molecule has 1 rings (SSSR count). The Bertz CT molecular complexity index is 332. The van der Waals surface area contributed by atoms with E-state index in [9.17, 15) is 4.79 Å². The van der Waals surface area contributed by atoms with Crippen molar-refractivity contribution in [2.75, 3.05) is 20.3 Å². The van der Waals surface area contributed by atoms with Gasteiger partial charge in [0.25, 0.3) is 5.91 Å². The fourth-order valence-electron chi connectivity index (χ4n) is 1.12. The van der Waals surface area contributed by atoms with Crippen molar-refractivity contribution in [1.82, 2.24) is 15.5 Å². The van der Waals surface area contributed by atoms with E-state index in [1.807, 2.05) is 0 Å². The van der Waals surface area contributed by atoms with Crippen LogP contribution in [0.25, 0.3) is 0 Å². The average molecular weight is 264 g/mol. The number of carbonyl (C=O) groups excluding carboxylic acids is 1. The zero-order valence-electron chi connectivity index (χ0n) is 9.03. The highest BCUT2D eigenvalue weighted by Crippen LogP contribution is 2.14. The lowest BCUT2D eigenvalue weighted by atomic mass is 10.2.